The summed E-state index contributed by atoms with van der Waals surface area (Å²) in [6, 6.07) is 2.97. The molecule has 0 radical (unpaired) electrons. The van der Waals surface area contributed by atoms with Crippen LogP contribution in [0.25, 0.3) is 0 Å². The first-order chi connectivity index (χ1) is 6.03. The summed E-state index contributed by atoms with van der Waals surface area (Å²) < 4.78 is 14.0. The molecule has 1 aromatic carbocycles. The largest absolute Gasteiger partial charge is 0.321 e. The molecular weight excluding hydrogens is 256 g/mol. The smallest absolute Gasteiger partial charge is 0.129 e. The Labute approximate surface area is 89.2 Å². The normalized spacial score (nSPS) is 18.8. The van der Waals surface area contributed by atoms with E-state index in [9.17, 15) is 4.39 Å². The van der Waals surface area contributed by atoms with Crippen LogP contribution >= 0.6 is 27.5 Å². The highest BCUT2D eigenvalue weighted by Crippen LogP contribution is 2.45. The van der Waals surface area contributed by atoms with Gasteiger partial charge in [0.25, 0.3) is 0 Å². The van der Waals surface area contributed by atoms with Gasteiger partial charge in [0.15, 0.2) is 0 Å². The van der Waals surface area contributed by atoms with Gasteiger partial charge in [0, 0.05) is 15.6 Å². The molecule has 13 heavy (non-hydrogen) atoms. The third-order valence-corrected chi connectivity index (χ3v) is 3.53. The summed E-state index contributed by atoms with van der Waals surface area (Å²) in [6.07, 6.45) is 1.67. The van der Waals surface area contributed by atoms with Crippen molar-refractivity contribution in [2.45, 2.75) is 18.4 Å². The third kappa shape index (κ3) is 1.60. The lowest BCUT2D eigenvalue weighted by atomic mass is 10.1. The van der Waals surface area contributed by atoms with E-state index in [1.165, 1.54) is 6.07 Å². The monoisotopic (exact) mass is 263 g/mol. The second-order valence-electron chi connectivity index (χ2n) is 3.40. The van der Waals surface area contributed by atoms with Crippen LogP contribution in [-0.4, -0.2) is 0 Å². The standard InChI is InChI=1S/C9H8BrClFN/c10-6-4-8(12)5(3-7(6)11)9(13)1-2-9/h3-4H,1-2,13H2. The predicted octanol–water partition coefficient (Wildman–Crippen LogP) is 3.19. The molecule has 1 nitrogen and oxygen atoms in total. The Morgan fingerprint density at radius 2 is 2.08 bits per heavy atom. The van der Waals surface area contributed by atoms with Gasteiger partial charge in [-0.2, -0.15) is 0 Å². The SMILES string of the molecule is NC1(c2cc(Cl)c(Br)cc2F)CC1. The van der Waals surface area contributed by atoms with Gasteiger partial charge in [-0.05, 0) is 40.9 Å². The number of halogens is 3. The molecule has 2 rings (SSSR count). The van der Waals surface area contributed by atoms with E-state index in [-0.39, 0.29) is 5.82 Å². The highest BCUT2D eigenvalue weighted by Gasteiger charge is 2.42. The molecule has 1 saturated carbocycles. The highest BCUT2D eigenvalue weighted by molar-refractivity contribution is 9.10. The average molecular weight is 265 g/mol. The Morgan fingerprint density at radius 3 is 2.62 bits per heavy atom. The van der Waals surface area contributed by atoms with Crippen LogP contribution in [0, 0.1) is 5.82 Å². The van der Waals surface area contributed by atoms with Gasteiger partial charge < -0.3 is 5.73 Å². The van der Waals surface area contributed by atoms with Crippen molar-refractivity contribution in [2.24, 2.45) is 5.73 Å². The molecule has 0 atom stereocenters. The van der Waals surface area contributed by atoms with Crippen molar-refractivity contribution in [3.05, 3.63) is 33.0 Å². The van der Waals surface area contributed by atoms with Gasteiger partial charge >= 0.3 is 0 Å². The maximum Gasteiger partial charge on any atom is 0.129 e. The summed E-state index contributed by atoms with van der Waals surface area (Å²) in [5.41, 5.74) is 5.94. The second-order valence-corrected chi connectivity index (χ2v) is 4.66. The Morgan fingerprint density at radius 1 is 1.46 bits per heavy atom. The first-order valence-corrected chi connectivity index (χ1v) is 5.14. The zero-order chi connectivity index (χ0) is 9.64. The maximum atomic E-state index is 13.4. The molecule has 4 heteroatoms. The summed E-state index contributed by atoms with van der Waals surface area (Å²) >= 11 is 9.01. The molecule has 1 aliphatic rings. The summed E-state index contributed by atoms with van der Waals surface area (Å²) in [6.45, 7) is 0. The van der Waals surface area contributed by atoms with Gasteiger partial charge in [0.2, 0.25) is 0 Å². The van der Waals surface area contributed by atoms with Gasteiger partial charge in [0.1, 0.15) is 5.82 Å². The lowest BCUT2D eigenvalue weighted by molar-refractivity contribution is 0.577. The first-order valence-electron chi connectivity index (χ1n) is 3.97. The zero-order valence-corrected chi connectivity index (χ0v) is 9.12. The molecule has 0 unspecified atom stereocenters. The zero-order valence-electron chi connectivity index (χ0n) is 6.78. The van der Waals surface area contributed by atoms with Crippen molar-refractivity contribution >= 4 is 27.5 Å². The van der Waals surface area contributed by atoms with Crippen LogP contribution in [-0.2, 0) is 5.54 Å². The third-order valence-electron chi connectivity index (χ3n) is 2.34. The number of rotatable bonds is 1. The second kappa shape index (κ2) is 2.94. The van der Waals surface area contributed by atoms with E-state index in [2.05, 4.69) is 15.9 Å². The Kier molecular flexibility index (Phi) is 2.13. The maximum absolute atomic E-state index is 13.4. The lowest BCUT2D eigenvalue weighted by Crippen LogP contribution is -2.20. The van der Waals surface area contributed by atoms with Crippen molar-refractivity contribution in [1.29, 1.82) is 0 Å². The van der Waals surface area contributed by atoms with Crippen LogP contribution in [0.15, 0.2) is 16.6 Å². The molecule has 0 aliphatic heterocycles. The molecule has 1 aromatic rings. The molecular formula is C9H8BrClFN. The number of nitrogens with two attached hydrogens (primary N) is 1. The summed E-state index contributed by atoms with van der Waals surface area (Å²) in [5, 5.41) is 0.508. The van der Waals surface area contributed by atoms with E-state index in [0.717, 1.165) is 12.8 Å². The molecule has 0 amide bonds. The fraction of sp³-hybridized carbons (Fsp3) is 0.333. The van der Waals surface area contributed by atoms with Crippen LogP contribution in [0.4, 0.5) is 4.39 Å². The molecule has 0 heterocycles. The first kappa shape index (κ1) is 9.44. The summed E-state index contributed by atoms with van der Waals surface area (Å²) in [7, 11) is 0. The Hall–Kier alpha value is -0.120. The molecule has 70 valence electrons. The van der Waals surface area contributed by atoms with E-state index in [4.69, 9.17) is 17.3 Å². The van der Waals surface area contributed by atoms with Gasteiger partial charge in [-0.3, -0.25) is 0 Å². The number of benzene rings is 1. The minimum atomic E-state index is -0.464. The van der Waals surface area contributed by atoms with Crippen LogP contribution < -0.4 is 5.73 Å². The molecule has 0 aromatic heterocycles. The van der Waals surface area contributed by atoms with Crippen LogP contribution in [0.1, 0.15) is 18.4 Å². The van der Waals surface area contributed by atoms with Crippen molar-refractivity contribution in [3.63, 3.8) is 0 Å². The lowest BCUT2D eigenvalue weighted by Gasteiger charge is -2.11. The van der Waals surface area contributed by atoms with Gasteiger partial charge in [-0.15, -0.1) is 0 Å². The number of hydrogen-bond donors (Lipinski definition) is 1. The topological polar surface area (TPSA) is 26.0 Å². The van der Waals surface area contributed by atoms with Crippen molar-refractivity contribution < 1.29 is 4.39 Å². The molecule has 0 spiro atoms. The summed E-state index contributed by atoms with van der Waals surface area (Å²) in [4.78, 5) is 0. The molecule has 1 aliphatic carbocycles. The van der Waals surface area contributed by atoms with Gasteiger partial charge in [-0.1, -0.05) is 11.6 Å². The summed E-state index contributed by atoms with van der Waals surface area (Å²) in [5.74, 6) is -0.281. The minimum absolute atomic E-state index is 0.281. The molecule has 0 bridgehead atoms. The molecule has 1 fully saturated rings. The van der Waals surface area contributed by atoms with E-state index < -0.39 is 5.54 Å². The predicted molar refractivity (Wildman–Crippen MR) is 54.2 cm³/mol. The van der Waals surface area contributed by atoms with Crippen LogP contribution in [0.5, 0.6) is 0 Å². The quantitative estimate of drug-likeness (QED) is 0.775. The fourth-order valence-electron chi connectivity index (χ4n) is 1.31. The van der Waals surface area contributed by atoms with E-state index in [1.54, 1.807) is 6.07 Å². The Balaban J connectivity index is 2.52. The van der Waals surface area contributed by atoms with E-state index >= 15 is 0 Å². The number of hydrogen-bond acceptors (Lipinski definition) is 1. The van der Waals surface area contributed by atoms with E-state index in [0.29, 0.717) is 15.1 Å². The average Bonchev–Trinajstić information content (AvgIpc) is 2.77. The van der Waals surface area contributed by atoms with Gasteiger partial charge in [0.05, 0.1) is 5.02 Å². The van der Waals surface area contributed by atoms with Gasteiger partial charge in [-0.25, -0.2) is 4.39 Å². The van der Waals surface area contributed by atoms with Crippen molar-refractivity contribution in [3.8, 4) is 0 Å². The van der Waals surface area contributed by atoms with Crippen molar-refractivity contribution in [1.82, 2.24) is 0 Å². The Bertz CT molecular complexity index is 363. The molecule has 0 saturated heterocycles. The van der Waals surface area contributed by atoms with Crippen LogP contribution in [0.3, 0.4) is 0 Å². The minimum Gasteiger partial charge on any atom is -0.321 e. The van der Waals surface area contributed by atoms with E-state index in [1.807, 2.05) is 0 Å². The van der Waals surface area contributed by atoms with Crippen molar-refractivity contribution in [2.75, 3.05) is 0 Å². The fourth-order valence-corrected chi connectivity index (χ4v) is 1.79. The van der Waals surface area contributed by atoms with Crippen LogP contribution in [0.2, 0.25) is 5.02 Å². The highest BCUT2D eigenvalue weighted by atomic mass is 79.9. The molecule has 2 N–H and O–H groups in total.